The number of carbonyl (C=O) groups excluding carboxylic acids is 2. The van der Waals surface area contributed by atoms with Gasteiger partial charge in [-0.05, 0) is 32.9 Å². The normalized spacial score (nSPS) is 10.6. The third-order valence-electron chi connectivity index (χ3n) is 3.11. The number of hydrogen-bond donors (Lipinski definition) is 2. The van der Waals surface area contributed by atoms with Crippen molar-refractivity contribution >= 4 is 22.7 Å². The van der Waals surface area contributed by atoms with Crippen LogP contribution in [-0.4, -0.2) is 36.0 Å². The first-order chi connectivity index (χ1) is 11.0. The van der Waals surface area contributed by atoms with Gasteiger partial charge in [0.15, 0.2) is 12.4 Å². The van der Waals surface area contributed by atoms with Crippen molar-refractivity contribution in [3.05, 3.63) is 36.0 Å². The molecule has 2 amide bonds. The molecule has 0 saturated heterocycles. The van der Waals surface area contributed by atoms with Crippen LogP contribution in [-0.2, 0) is 4.79 Å². The minimum absolute atomic E-state index is 0.0274. The molecule has 0 unspecified atom stereocenters. The zero-order valence-electron chi connectivity index (χ0n) is 13.6. The van der Waals surface area contributed by atoms with Crippen molar-refractivity contribution in [1.29, 1.82) is 0 Å². The number of carbonyl (C=O) groups is 2. The van der Waals surface area contributed by atoms with Gasteiger partial charge in [-0.25, -0.2) is 0 Å². The van der Waals surface area contributed by atoms with E-state index in [9.17, 15) is 9.59 Å². The Labute approximate surface area is 135 Å². The zero-order chi connectivity index (χ0) is 16.8. The van der Waals surface area contributed by atoms with Crippen molar-refractivity contribution in [2.24, 2.45) is 0 Å². The summed E-state index contributed by atoms with van der Waals surface area (Å²) in [6, 6.07) is 7.21. The third kappa shape index (κ3) is 4.18. The Hall–Kier alpha value is -2.63. The largest absolute Gasteiger partial charge is 0.481 e. The highest BCUT2D eigenvalue weighted by atomic mass is 16.5. The van der Waals surface area contributed by atoms with E-state index in [4.69, 9.17) is 4.74 Å². The number of benzene rings is 1. The van der Waals surface area contributed by atoms with Gasteiger partial charge in [0.1, 0.15) is 5.52 Å². The molecule has 2 rings (SSSR count). The molecular formula is C17H21N3O3. The van der Waals surface area contributed by atoms with Gasteiger partial charge in [0.05, 0.1) is 5.56 Å². The minimum Gasteiger partial charge on any atom is -0.481 e. The van der Waals surface area contributed by atoms with Gasteiger partial charge in [0.2, 0.25) is 0 Å². The number of nitrogens with zero attached hydrogens (tertiary/aromatic N) is 1. The van der Waals surface area contributed by atoms with E-state index >= 15 is 0 Å². The summed E-state index contributed by atoms with van der Waals surface area (Å²) in [5.74, 6) is -0.165. The molecule has 0 aliphatic carbocycles. The second kappa shape index (κ2) is 7.58. The SMILES string of the molecule is CCNC(=O)c1ccc2cccnc2c1OCC(=O)NC(C)C. The number of fused-ring (bicyclic) bond motifs is 1. The second-order valence-electron chi connectivity index (χ2n) is 5.39. The molecule has 0 fully saturated rings. The number of amides is 2. The van der Waals surface area contributed by atoms with Crippen LogP contribution in [0.25, 0.3) is 10.9 Å². The maximum absolute atomic E-state index is 12.2. The monoisotopic (exact) mass is 315 g/mol. The Bertz CT molecular complexity index is 713. The smallest absolute Gasteiger partial charge is 0.258 e. The Morgan fingerprint density at radius 3 is 2.74 bits per heavy atom. The average Bonchev–Trinajstić information content (AvgIpc) is 2.52. The van der Waals surface area contributed by atoms with Crippen LogP contribution >= 0.6 is 0 Å². The highest BCUT2D eigenvalue weighted by Crippen LogP contribution is 2.28. The summed E-state index contributed by atoms with van der Waals surface area (Å²) in [5.41, 5.74) is 0.934. The molecule has 1 aromatic heterocycles. The van der Waals surface area contributed by atoms with Crippen molar-refractivity contribution in [2.75, 3.05) is 13.2 Å². The first-order valence-corrected chi connectivity index (χ1v) is 7.61. The molecule has 0 aliphatic heterocycles. The average molecular weight is 315 g/mol. The molecule has 23 heavy (non-hydrogen) atoms. The molecule has 2 N–H and O–H groups in total. The lowest BCUT2D eigenvalue weighted by molar-refractivity contribution is -0.123. The fourth-order valence-corrected chi connectivity index (χ4v) is 2.20. The van der Waals surface area contributed by atoms with Crippen molar-refractivity contribution in [1.82, 2.24) is 15.6 Å². The standard InChI is InChI=1S/C17H21N3O3/c1-4-18-17(22)13-8-7-12-6-5-9-19-15(12)16(13)23-10-14(21)20-11(2)3/h5-9,11H,4,10H2,1-3H3,(H,18,22)(H,20,21). The summed E-state index contributed by atoms with van der Waals surface area (Å²) in [4.78, 5) is 28.3. The topological polar surface area (TPSA) is 80.3 Å². The van der Waals surface area contributed by atoms with Crippen molar-refractivity contribution < 1.29 is 14.3 Å². The number of rotatable bonds is 6. The highest BCUT2D eigenvalue weighted by molar-refractivity contribution is 6.02. The first-order valence-electron chi connectivity index (χ1n) is 7.61. The van der Waals surface area contributed by atoms with Crippen LogP contribution in [0.4, 0.5) is 0 Å². The summed E-state index contributed by atoms with van der Waals surface area (Å²) in [7, 11) is 0. The number of pyridine rings is 1. The maximum Gasteiger partial charge on any atom is 0.258 e. The van der Waals surface area contributed by atoms with Gasteiger partial charge in [0.25, 0.3) is 11.8 Å². The summed E-state index contributed by atoms with van der Waals surface area (Å²) < 4.78 is 5.65. The fraction of sp³-hybridized carbons (Fsp3) is 0.353. The van der Waals surface area contributed by atoms with Gasteiger partial charge in [-0.3, -0.25) is 14.6 Å². The molecule has 0 saturated carbocycles. The predicted molar refractivity (Wildman–Crippen MR) is 88.5 cm³/mol. The van der Waals surface area contributed by atoms with E-state index in [1.165, 1.54) is 0 Å². The molecule has 0 bridgehead atoms. The Kier molecular flexibility index (Phi) is 5.51. The molecule has 2 aromatic rings. The van der Waals surface area contributed by atoms with Gasteiger partial charge in [-0.2, -0.15) is 0 Å². The maximum atomic E-state index is 12.2. The summed E-state index contributed by atoms with van der Waals surface area (Å²) in [6.07, 6.45) is 1.63. The Morgan fingerprint density at radius 1 is 1.26 bits per heavy atom. The zero-order valence-corrected chi connectivity index (χ0v) is 13.6. The van der Waals surface area contributed by atoms with Crippen molar-refractivity contribution in [2.45, 2.75) is 26.8 Å². The van der Waals surface area contributed by atoms with E-state index in [1.54, 1.807) is 12.3 Å². The summed E-state index contributed by atoms with van der Waals surface area (Å²) in [5, 5.41) is 6.34. The van der Waals surface area contributed by atoms with Crippen molar-refractivity contribution in [3.63, 3.8) is 0 Å². The molecule has 0 aliphatic rings. The lowest BCUT2D eigenvalue weighted by atomic mass is 10.1. The number of hydrogen-bond acceptors (Lipinski definition) is 4. The van der Waals surface area contributed by atoms with Gasteiger partial charge in [-0.1, -0.05) is 12.1 Å². The predicted octanol–water partition coefficient (Wildman–Crippen LogP) is 1.89. The first kappa shape index (κ1) is 16.7. The lowest BCUT2D eigenvalue weighted by Crippen LogP contribution is -2.34. The molecule has 122 valence electrons. The molecule has 1 heterocycles. The summed E-state index contributed by atoms with van der Waals surface area (Å²) in [6.45, 7) is 5.93. The molecule has 1 aromatic carbocycles. The summed E-state index contributed by atoms with van der Waals surface area (Å²) >= 11 is 0. The molecule has 0 spiro atoms. The van der Waals surface area contributed by atoms with Gasteiger partial charge >= 0.3 is 0 Å². The van der Waals surface area contributed by atoms with Crippen LogP contribution in [0.3, 0.4) is 0 Å². The van der Waals surface area contributed by atoms with Crippen molar-refractivity contribution in [3.8, 4) is 5.75 Å². The Balaban J connectivity index is 2.35. The second-order valence-corrected chi connectivity index (χ2v) is 5.39. The highest BCUT2D eigenvalue weighted by Gasteiger charge is 2.17. The van der Waals surface area contributed by atoms with Crippen LogP contribution < -0.4 is 15.4 Å². The minimum atomic E-state index is -0.251. The van der Waals surface area contributed by atoms with E-state index in [1.807, 2.05) is 39.0 Å². The van der Waals surface area contributed by atoms with Crippen LogP contribution in [0.15, 0.2) is 30.5 Å². The van der Waals surface area contributed by atoms with E-state index in [2.05, 4.69) is 15.6 Å². The van der Waals surface area contributed by atoms with Crippen LogP contribution in [0.5, 0.6) is 5.75 Å². The van der Waals surface area contributed by atoms with Crippen LogP contribution in [0, 0.1) is 0 Å². The van der Waals surface area contributed by atoms with Crippen LogP contribution in [0.2, 0.25) is 0 Å². The lowest BCUT2D eigenvalue weighted by Gasteiger charge is -2.14. The molecular weight excluding hydrogens is 294 g/mol. The van der Waals surface area contributed by atoms with Gasteiger partial charge in [-0.15, -0.1) is 0 Å². The molecule has 6 nitrogen and oxygen atoms in total. The number of ether oxygens (including phenoxy) is 1. The number of aromatic nitrogens is 1. The van der Waals surface area contributed by atoms with E-state index < -0.39 is 0 Å². The van der Waals surface area contributed by atoms with Gasteiger partial charge in [0, 0.05) is 24.2 Å². The molecule has 6 heteroatoms. The van der Waals surface area contributed by atoms with E-state index in [-0.39, 0.29) is 24.5 Å². The molecule has 0 atom stereocenters. The fourth-order valence-electron chi connectivity index (χ4n) is 2.20. The Morgan fingerprint density at radius 2 is 2.04 bits per heavy atom. The quantitative estimate of drug-likeness (QED) is 0.853. The molecule has 0 radical (unpaired) electrons. The third-order valence-corrected chi connectivity index (χ3v) is 3.11. The van der Waals surface area contributed by atoms with Crippen LogP contribution in [0.1, 0.15) is 31.1 Å². The van der Waals surface area contributed by atoms with Gasteiger partial charge < -0.3 is 15.4 Å². The van der Waals surface area contributed by atoms with E-state index in [0.717, 1.165) is 5.39 Å². The van der Waals surface area contributed by atoms with E-state index in [0.29, 0.717) is 23.4 Å². The number of nitrogens with one attached hydrogen (secondary N) is 2.